The zero-order chi connectivity index (χ0) is 41.1. The molecule has 0 bridgehead atoms. The van der Waals surface area contributed by atoms with Gasteiger partial charge in [-0.05, 0) is 98.8 Å². The number of anilines is 3. The molecule has 0 saturated heterocycles. The number of hydrogen-bond acceptors (Lipinski definition) is 2. The molecule has 8 aromatic carbocycles. The van der Waals surface area contributed by atoms with E-state index >= 15 is 0 Å². The van der Waals surface area contributed by atoms with E-state index in [1.54, 1.807) is 0 Å². The number of nitrogens with zero attached hydrogens (tertiary/aromatic N) is 4. The molecule has 0 unspecified atom stereocenters. The summed E-state index contributed by atoms with van der Waals surface area (Å²) in [6.45, 7) is 13.9. The van der Waals surface area contributed by atoms with Crippen molar-refractivity contribution in [1.29, 1.82) is 0 Å². The summed E-state index contributed by atoms with van der Waals surface area (Å²) in [6.07, 6.45) is 2.17. The fourth-order valence-corrected chi connectivity index (χ4v) is 10.7. The van der Waals surface area contributed by atoms with E-state index in [1.807, 2.05) is 0 Å². The first-order chi connectivity index (χ1) is 29.6. The second-order valence-corrected chi connectivity index (χ2v) is 19.3. The Kier molecular flexibility index (Phi) is 6.69. The minimum atomic E-state index is -0.0582. The first-order valence-electron chi connectivity index (χ1n) is 21.6. The predicted molar refractivity (Wildman–Crippen MR) is 261 cm³/mol. The van der Waals surface area contributed by atoms with Crippen LogP contribution in [-0.4, -0.2) is 13.8 Å². The summed E-state index contributed by atoms with van der Waals surface area (Å²) in [7, 11) is 0. The average molecular weight is 785 g/mol. The third kappa shape index (κ3) is 4.57. The summed E-state index contributed by atoms with van der Waals surface area (Å²) in [5.74, 6) is 0. The Morgan fingerprint density at radius 2 is 0.967 bits per heavy atom. The lowest BCUT2D eigenvalue weighted by Gasteiger charge is -2.28. The monoisotopic (exact) mass is 784 g/mol. The van der Waals surface area contributed by atoms with Gasteiger partial charge in [-0.15, -0.1) is 0 Å². The summed E-state index contributed by atoms with van der Waals surface area (Å²) in [6, 6.07) is 56.5. The minimum absolute atomic E-state index is 0.0327. The lowest BCUT2D eigenvalue weighted by molar-refractivity contribution is 0.590. The second kappa shape index (κ2) is 11.8. The van der Waals surface area contributed by atoms with Crippen molar-refractivity contribution in [2.24, 2.45) is 0 Å². The van der Waals surface area contributed by atoms with E-state index in [9.17, 15) is 0 Å². The van der Waals surface area contributed by atoms with E-state index in [4.69, 9.17) is 4.98 Å². The van der Waals surface area contributed by atoms with E-state index in [0.717, 1.165) is 28.2 Å². The number of benzene rings is 8. The Bertz CT molecular complexity index is 3890. The normalized spacial score (nSPS) is 13.1. The van der Waals surface area contributed by atoms with Gasteiger partial charge in [0.2, 0.25) is 0 Å². The van der Waals surface area contributed by atoms with Gasteiger partial charge in [0.05, 0.1) is 39.5 Å². The zero-order valence-corrected chi connectivity index (χ0v) is 35.3. The van der Waals surface area contributed by atoms with Crippen LogP contribution in [0.3, 0.4) is 0 Å². The molecule has 0 aliphatic rings. The molecule has 4 heteroatoms. The molecule has 5 aromatic heterocycles. The van der Waals surface area contributed by atoms with Crippen LogP contribution in [0.5, 0.6) is 0 Å². The maximum absolute atomic E-state index is 5.57. The standard InChI is InChI=1S/C57H44N4/c1-56(2,3)35-25-26-46-41(29-35)44-30-36(57(4,5)6)31-45-49-50-47(32-58-55(49)61(46)51(44)45)60-52-42(27-33-17-13-15-23-39(33)48(50)52)43-28-34-18-14-16-24-40(34)53(54(43)60)59(37-19-9-7-10-20-37)38-21-11-8-12-22-38/h7-32H,1-6H3. The summed E-state index contributed by atoms with van der Waals surface area (Å²) >= 11 is 0. The van der Waals surface area contributed by atoms with Gasteiger partial charge in [-0.3, -0.25) is 4.40 Å². The first kappa shape index (κ1) is 34.7. The van der Waals surface area contributed by atoms with Crippen molar-refractivity contribution in [3.8, 4) is 0 Å². The van der Waals surface area contributed by atoms with E-state index in [2.05, 4.69) is 213 Å². The van der Waals surface area contributed by atoms with Crippen LogP contribution in [0.15, 0.2) is 158 Å². The molecular weight excluding hydrogens is 741 g/mol. The molecule has 0 aliphatic carbocycles. The Hall–Kier alpha value is -7.17. The van der Waals surface area contributed by atoms with Crippen LogP contribution in [0, 0.1) is 0 Å². The summed E-state index contributed by atoms with van der Waals surface area (Å²) < 4.78 is 5.04. The SMILES string of the molecule is CC(C)(C)c1ccc2c(c1)c1cc(C(C)(C)C)cc3c4c5c6c7ccccc7cc7c8cc9ccccc9c(N(c9ccccc9)c9ccccc9)c8n(c5cnc4n2c13)c76. The fourth-order valence-electron chi connectivity index (χ4n) is 10.7. The van der Waals surface area contributed by atoms with Gasteiger partial charge < -0.3 is 9.30 Å². The molecule has 4 nitrogen and oxygen atoms in total. The summed E-state index contributed by atoms with van der Waals surface area (Å²) in [5, 5.41) is 15.1. The number of para-hydroxylation sites is 2. The molecule has 0 spiro atoms. The average Bonchev–Trinajstić information content (AvgIpc) is 3.99. The van der Waals surface area contributed by atoms with Crippen LogP contribution in [0.25, 0.3) is 97.9 Å². The van der Waals surface area contributed by atoms with E-state index in [-0.39, 0.29) is 10.8 Å². The van der Waals surface area contributed by atoms with Crippen molar-refractivity contribution in [3.05, 3.63) is 169 Å². The zero-order valence-electron chi connectivity index (χ0n) is 35.3. The Balaban J connectivity index is 1.30. The van der Waals surface area contributed by atoms with Crippen LogP contribution < -0.4 is 4.90 Å². The van der Waals surface area contributed by atoms with Gasteiger partial charge in [0, 0.05) is 59.9 Å². The lowest BCUT2D eigenvalue weighted by atomic mass is 9.84. The molecule has 13 rings (SSSR count). The van der Waals surface area contributed by atoms with Crippen LogP contribution in [0.1, 0.15) is 52.7 Å². The van der Waals surface area contributed by atoms with Crippen molar-refractivity contribution in [3.63, 3.8) is 0 Å². The summed E-state index contributed by atoms with van der Waals surface area (Å²) in [5.41, 5.74) is 13.1. The highest BCUT2D eigenvalue weighted by Gasteiger charge is 2.31. The van der Waals surface area contributed by atoms with Crippen LogP contribution in [0.4, 0.5) is 17.1 Å². The topological polar surface area (TPSA) is 24.9 Å². The summed E-state index contributed by atoms with van der Waals surface area (Å²) in [4.78, 5) is 8.04. The van der Waals surface area contributed by atoms with Crippen molar-refractivity contribution >= 4 is 115 Å². The largest absolute Gasteiger partial charge is 0.308 e. The fraction of sp³-hybridized carbons (Fsp3) is 0.140. The van der Waals surface area contributed by atoms with Crippen molar-refractivity contribution in [1.82, 2.24) is 13.8 Å². The molecule has 0 saturated carbocycles. The van der Waals surface area contributed by atoms with Crippen LogP contribution in [0.2, 0.25) is 0 Å². The molecule has 5 heterocycles. The van der Waals surface area contributed by atoms with E-state index in [0.29, 0.717) is 0 Å². The number of pyridine rings is 1. The molecule has 0 atom stereocenters. The maximum Gasteiger partial charge on any atom is 0.146 e. The van der Waals surface area contributed by atoms with Crippen molar-refractivity contribution in [2.45, 2.75) is 52.4 Å². The number of hydrogen-bond donors (Lipinski definition) is 0. The smallest absolute Gasteiger partial charge is 0.146 e. The van der Waals surface area contributed by atoms with Crippen molar-refractivity contribution in [2.75, 3.05) is 4.90 Å². The quantitative estimate of drug-likeness (QED) is 0.178. The van der Waals surface area contributed by atoms with Crippen LogP contribution in [-0.2, 0) is 10.8 Å². The molecular formula is C57H44N4. The van der Waals surface area contributed by atoms with E-state index < -0.39 is 0 Å². The minimum Gasteiger partial charge on any atom is -0.308 e. The van der Waals surface area contributed by atoms with E-state index in [1.165, 1.54) is 97.8 Å². The van der Waals surface area contributed by atoms with Gasteiger partial charge in [-0.2, -0.15) is 0 Å². The highest BCUT2D eigenvalue weighted by Crippen LogP contribution is 2.53. The number of rotatable bonds is 3. The maximum atomic E-state index is 5.57. The first-order valence-corrected chi connectivity index (χ1v) is 21.6. The number of fused-ring (bicyclic) bond motifs is 16. The van der Waals surface area contributed by atoms with Gasteiger partial charge in [0.15, 0.2) is 0 Å². The molecule has 0 fully saturated rings. The van der Waals surface area contributed by atoms with Gasteiger partial charge in [-0.25, -0.2) is 4.98 Å². The van der Waals surface area contributed by atoms with Gasteiger partial charge in [0.1, 0.15) is 5.65 Å². The lowest BCUT2D eigenvalue weighted by Crippen LogP contribution is -2.11. The third-order valence-corrected chi connectivity index (χ3v) is 13.6. The van der Waals surface area contributed by atoms with Crippen LogP contribution >= 0.6 is 0 Å². The third-order valence-electron chi connectivity index (χ3n) is 13.6. The van der Waals surface area contributed by atoms with Gasteiger partial charge >= 0.3 is 0 Å². The van der Waals surface area contributed by atoms with Gasteiger partial charge in [0.25, 0.3) is 0 Å². The molecule has 0 amide bonds. The predicted octanol–water partition coefficient (Wildman–Crippen LogP) is 15.8. The second-order valence-electron chi connectivity index (χ2n) is 19.3. The highest BCUT2D eigenvalue weighted by atomic mass is 15.2. The Morgan fingerprint density at radius 3 is 1.64 bits per heavy atom. The Morgan fingerprint density at radius 1 is 0.410 bits per heavy atom. The van der Waals surface area contributed by atoms with Gasteiger partial charge in [-0.1, -0.05) is 133 Å². The molecule has 0 N–H and O–H groups in total. The Labute approximate surface area is 353 Å². The molecule has 0 radical (unpaired) electrons. The highest BCUT2D eigenvalue weighted by molar-refractivity contribution is 6.40. The molecule has 61 heavy (non-hydrogen) atoms. The molecule has 13 aromatic rings. The molecule has 0 aliphatic heterocycles. The van der Waals surface area contributed by atoms with Crippen molar-refractivity contribution < 1.29 is 0 Å². The number of aromatic nitrogens is 3. The molecule has 292 valence electrons.